The molecule has 0 aliphatic heterocycles. The van der Waals surface area contributed by atoms with Crippen LogP contribution in [-0.2, 0) is 19.4 Å². The molecule has 0 saturated heterocycles. The molecule has 0 amide bonds. The van der Waals surface area contributed by atoms with E-state index in [4.69, 9.17) is 5.84 Å². The molecule has 1 atom stereocenters. The molecule has 0 spiro atoms. The highest BCUT2D eigenvalue weighted by molar-refractivity contribution is 5.08. The highest BCUT2D eigenvalue weighted by atomic mass is 15.3. The van der Waals surface area contributed by atoms with Crippen molar-refractivity contribution in [1.29, 1.82) is 0 Å². The Kier molecular flexibility index (Phi) is 5.83. The van der Waals surface area contributed by atoms with Gasteiger partial charge in [0.1, 0.15) is 12.2 Å². The molecule has 2 heterocycles. The van der Waals surface area contributed by atoms with Crippen molar-refractivity contribution < 1.29 is 0 Å². The second-order valence-electron chi connectivity index (χ2n) is 5.72. The summed E-state index contributed by atoms with van der Waals surface area (Å²) < 4.78 is 1.97. The average molecular weight is 288 g/mol. The van der Waals surface area contributed by atoms with E-state index in [0.717, 1.165) is 31.6 Å². The van der Waals surface area contributed by atoms with Crippen LogP contribution in [-0.4, -0.2) is 25.8 Å². The molecule has 0 radical (unpaired) electrons. The number of pyridine rings is 1. The monoisotopic (exact) mass is 288 g/mol. The predicted octanol–water partition coefficient (Wildman–Crippen LogP) is 1.34. The van der Waals surface area contributed by atoms with Gasteiger partial charge in [-0.3, -0.25) is 16.3 Å². The molecule has 2 aromatic heterocycles. The van der Waals surface area contributed by atoms with E-state index in [2.05, 4.69) is 40.4 Å². The van der Waals surface area contributed by atoms with Gasteiger partial charge in [0.25, 0.3) is 0 Å². The van der Waals surface area contributed by atoms with Crippen LogP contribution in [0.25, 0.3) is 0 Å². The number of hydrazine groups is 1. The molecular weight excluding hydrogens is 264 g/mol. The summed E-state index contributed by atoms with van der Waals surface area (Å²) in [5.74, 6) is 7.21. The minimum Gasteiger partial charge on any atom is -0.271 e. The van der Waals surface area contributed by atoms with E-state index in [0.29, 0.717) is 5.92 Å². The fraction of sp³-hybridized carbons (Fsp3) is 0.533. The molecule has 0 aliphatic carbocycles. The molecule has 114 valence electrons. The van der Waals surface area contributed by atoms with Crippen LogP contribution >= 0.6 is 0 Å². The van der Waals surface area contributed by atoms with Crippen LogP contribution in [0.5, 0.6) is 0 Å². The first-order valence-corrected chi connectivity index (χ1v) is 7.40. The fourth-order valence-corrected chi connectivity index (χ4v) is 2.30. The van der Waals surface area contributed by atoms with E-state index < -0.39 is 0 Å². The average Bonchev–Trinajstić information content (AvgIpc) is 2.90. The van der Waals surface area contributed by atoms with Crippen molar-refractivity contribution in [3.63, 3.8) is 0 Å². The van der Waals surface area contributed by atoms with Gasteiger partial charge in [0.2, 0.25) is 0 Å². The molecule has 0 aliphatic rings. The maximum absolute atomic E-state index is 5.68. The second kappa shape index (κ2) is 7.85. The van der Waals surface area contributed by atoms with E-state index in [1.165, 1.54) is 5.56 Å². The molecule has 3 N–H and O–H groups in total. The van der Waals surface area contributed by atoms with Gasteiger partial charge in [-0.15, -0.1) is 0 Å². The van der Waals surface area contributed by atoms with Crippen molar-refractivity contribution in [3.8, 4) is 0 Å². The molecule has 2 aromatic rings. The molecular formula is C15H24N6. The third kappa shape index (κ3) is 4.91. The number of nitrogens with two attached hydrogens (primary N) is 1. The first-order valence-electron chi connectivity index (χ1n) is 7.40. The number of hydrogen-bond acceptors (Lipinski definition) is 5. The van der Waals surface area contributed by atoms with Crippen LogP contribution in [0.4, 0.5) is 0 Å². The van der Waals surface area contributed by atoms with Crippen molar-refractivity contribution in [1.82, 2.24) is 25.2 Å². The second-order valence-corrected chi connectivity index (χ2v) is 5.72. The molecule has 2 rings (SSSR count). The summed E-state index contributed by atoms with van der Waals surface area (Å²) in [6.45, 7) is 5.23. The molecule has 1 unspecified atom stereocenters. The lowest BCUT2D eigenvalue weighted by molar-refractivity contribution is 0.432. The van der Waals surface area contributed by atoms with Crippen LogP contribution in [0.3, 0.4) is 0 Å². The van der Waals surface area contributed by atoms with E-state index >= 15 is 0 Å². The van der Waals surface area contributed by atoms with Gasteiger partial charge >= 0.3 is 0 Å². The van der Waals surface area contributed by atoms with Gasteiger partial charge in [0, 0.05) is 31.4 Å². The SMILES string of the molecule is CC(C)Cn1ncnc1CC(CCc1cccnc1)NN. The summed E-state index contributed by atoms with van der Waals surface area (Å²) in [4.78, 5) is 8.49. The van der Waals surface area contributed by atoms with E-state index in [-0.39, 0.29) is 6.04 Å². The van der Waals surface area contributed by atoms with E-state index in [1.807, 2.05) is 16.9 Å². The standard InChI is InChI=1S/C15H24N6/c1-12(2)10-21-15(18-11-19-21)8-14(20-16)6-5-13-4-3-7-17-9-13/h3-4,7,9,11-12,14,20H,5-6,8,10,16H2,1-2H3. The fourth-order valence-electron chi connectivity index (χ4n) is 2.30. The summed E-state index contributed by atoms with van der Waals surface area (Å²) in [5.41, 5.74) is 4.11. The molecule has 0 aromatic carbocycles. The number of aryl methyl sites for hydroxylation is 1. The maximum atomic E-state index is 5.68. The van der Waals surface area contributed by atoms with Crippen LogP contribution in [0, 0.1) is 5.92 Å². The highest BCUT2D eigenvalue weighted by Gasteiger charge is 2.13. The minimum absolute atomic E-state index is 0.181. The van der Waals surface area contributed by atoms with Crippen LogP contribution in [0.2, 0.25) is 0 Å². The Bertz CT molecular complexity index is 522. The Hall–Kier alpha value is -1.79. The third-order valence-electron chi connectivity index (χ3n) is 3.40. The molecule has 0 fully saturated rings. The molecule has 21 heavy (non-hydrogen) atoms. The molecule has 0 saturated carbocycles. The molecule has 6 nitrogen and oxygen atoms in total. The number of rotatable bonds is 8. The lowest BCUT2D eigenvalue weighted by atomic mass is 10.0. The van der Waals surface area contributed by atoms with Crippen molar-refractivity contribution in [2.75, 3.05) is 0 Å². The number of nitrogens with zero attached hydrogens (tertiary/aromatic N) is 4. The largest absolute Gasteiger partial charge is 0.271 e. The predicted molar refractivity (Wildman–Crippen MR) is 82.2 cm³/mol. The minimum atomic E-state index is 0.181. The van der Waals surface area contributed by atoms with Crippen LogP contribution in [0.15, 0.2) is 30.9 Å². The van der Waals surface area contributed by atoms with E-state index in [9.17, 15) is 0 Å². The van der Waals surface area contributed by atoms with Crippen LogP contribution < -0.4 is 11.3 Å². The topological polar surface area (TPSA) is 81.7 Å². The van der Waals surface area contributed by atoms with Gasteiger partial charge in [0.05, 0.1) is 0 Å². The van der Waals surface area contributed by atoms with Crippen LogP contribution in [0.1, 0.15) is 31.7 Å². The zero-order valence-corrected chi connectivity index (χ0v) is 12.7. The van der Waals surface area contributed by atoms with Gasteiger partial charge in [-0.25, -0.2) is 9.67 Å². The number of aromatic nitrogens is 4. The lowest BCUT2D eigenvalue weighted by Gasteiger charge is -2.16. The zero-order chi connectivity index (χ0) is 15.1. The first kappa shape index (κ1) is 15.6. The number of hydrogen-bond donors (Lipinski definition) is 2. The Morgan fingerprint density at radius 1 is 1.38 bits per heavy atom. The molecule has 6 heteroatoms. The van der Waals surface area contributed by atoms with Gasteiger partial charge < -0.3 is 0 Å². The Labute approximate surface area is 125 Å². The quantitative estimate of drug-likeness (QED) is 0.566. The first-order chi connectivity index (χ1) is 10.2. The summed E-state index contributed by atoms with van der Waals surface area (Å²) in [6, 6.07) is 4.22. The van der Waals surface area contributed by atoms with Crippen molar-refractivity contribution in [3.05, 3.63) is 42.2 Å². The number of nitrogens with one attached hydrogen (secondary N) is 1. The van der Waals surface area contributed by atoms with Gasteiger partial charge in [-0.2, -0.15) is 5.10 Å². The van der Waals surface area contributed by atoms with Crippen molar-refractivity contribution in [2.24, 2.45) is 11.8 Å². The Balaban J connectivity index is 1.91. The van der Waals surface area contributed by atoms with Gasteiger partial charge in [-0.1, -0.05) is 19.9 Å². The normalized spacial score (nSPS) is 12.8. The Morgan fingerprint density at radius 3 is 2.90 bits per heavy atom. The summed E-state index contributed by atoms with van der Waals surface area (Å²) >= 11 is 0. The third-order valence-corrected chi connectivity index (χ3v) is 3.40. The molecule has 0 bridgehead atoms. The Morgan fingerprint density at radius 2 is 2.24 bits per heavy atom. The summed E-state index contributed by atoms with van der Waals surface area (Å²) in [6.07, 6.45) is 7.97. The highest BCUT2D eigenvalue weighted by Crippen LogP contribution is 2.09. The lowest BCUT2D eigenvalue weighted by Crippen LogP contribution is -2.38. The summed E-state index contributed by atoms with van der Waals surface area (Å²) in [7, 11) is 0. The maximum Gasteiger partial charge on any atom is 0.138 e. The summed E-state index contributed by atoms with van der Waals surface area (Å²) in [5, 5.41) is 4.29. The smallest absolute Gasteiger partial charge is 0.138 e. The van der Waals surface area contributed by atoms with Gasteiger partial charge in [-0.05, 0) is 30.4 Å². The van der Waals surface area contributed by atoms with Crippen molar-refractivity contribution in [2.45, 2.75) is 45.7 Å². The van der Waals surface area contributed by atoms with Crippen molar-refractivity contribution >= 4 is 0 Å². The zero-order valence-electron chi connectivity index (χ0n) is 12.7. The van der Waals surface area contributed by atoms with Gasteiger partial charge in [0.15, 0.2) is 0 Å². The van der Waals surface area contributed by atoms with E-state index in [1.54, 1.807) is 12.5 Å².